The number of carbonyl (C=O) groups is 1. The van der Waals surface area contributed by atoms with Crippen LogP contribution in [0.3, 0.4) is 0 Å². The summed E-state index contributed by atoms with van der Waals surface area (Å²) in [4.78, 5) is 22.9. The van der Waals surface area contributed by atoms with Gasteiger partial charge in [0.2, 0.25) is 5.91 Å². The molecule has 0 aliphatic heterocycles. The van der Waals surface area contributed by atoms with Gasteiger partial charge in [-0.2, -0.15) is 0 Å². The van der Waals surface area contributed by atoms with Gasteiger partial charge in [0.15, 0.2) is 0 Å². The summed E-state index contributed by atoms with van der Waals surface area (Å²) in [6, 6.07) is 43.0. The number of fused-ring (bicyclic) bond motifs is 3. The Kier molecular flexibility index (Phi) is 23.6. The smallest absolute Gasteiger partial charge is 0.267 e. The number of carbonyl (C=O) groups excluding carboxylic acids is 1. The van der Waals surface area contributed by atoms with E-state index in [0.29, 0.717) is 46.9 Å². The van der Waals surface area contributed by atoms with Crippen LogP contribution in [0.5, 0.6) is 11.5 Å². The van der Waals surface area contributed by atoms with Gasteiger partial charge in [0, 0.05) is 58.8 Å². The highest BCUT2D eigenvalue weighted by Gasteiger charge is 2.17. The van der Waals surface area contributed by atoms with Crippen molar-refractivity contribution < 1.29 is 40.6 Å². The number of aryl methyl sites for hydroxylation is 2. The van der Waals surface area contributed by atoms with E-state index in [9.17, 15) is 31.1 Å². The van der Waals surface area contributed by atoms with Crippen LogP contribution in [-0.2, 0) is 24.2 Å². The predicted octanol–water partition coefficient (Wildman–Crippen LogP) is 17.4. The van der Waals surface area contributed by atoms with Gasteiger partial charge in [-0.1, -0.05) is 124 Å². The van der Waals surface area contributed by atoms with Gasteiger partial charge < -0.3 is 26.3 Å². The summed E-state index contributed by atoms with van der Waals surface area (Å²) >= 11 is 18.9. The molecule has 5 N–H and O–H groups in total. The van der Waals surface area contributed by atoms with Crippen molar-refractivity contribution in [2.75, 3.05) is 25.3 Å². The topological polar surface area (TPSA) is 138 Å². The van der Waals surface area contributed by atoms with Crippen LogP contribution >= 0.6 is 75.3 Å². The molecule has 20 heteroatoms. The van der Waals surface area contributed by atoms with Crippen LogP contribution in [0.4, 0.5) is 37.8 Å². The van der Waals surface area contributed by atoms with Crippen LogP contribution in [-0.4, -0.2) is 35.1 Å². The number of nitrogens with one attached hydrogen (secondary N) is 1. The first-order valence-electron chi connectivity index (χ1n) is 22.3. The average molecular weight is 1310 g/mol. The van der Waals surface area contributed by atoms with Crippen molar-refractivity contribution in [3.8, 4) is 11.5 Å². The SMILES string of the molecule is CC(=O)Nc1cccc(Br)c1.COc1ccc(CCc2nc3cc(Br)ccc3cc2C(F)F)cc1.COc1ccc(CN)cc1.FC(F)c1cc2ccc(Br)cc2nc1Cl.Nc1nc2cc(Br)ccc2cc1C(F)F. The molecule has 3 heterocycles. The summed E-state index contributed by atoms with van der Waals surface area (Å²) in [5, 5.41) is 4.56. The van der Waals surface area contributed by atoms with E-state index in [0.717, 1.165) is 57.1 Å². The lowest BCUT2D eigenvalue weighted by molar-refractivity contribution is -0.114. The van der Waals surface area contributed by atoms with Crippen LogP contribution in [0.2, 0.25) is 5.15 Å². The van der Waals surface area contributed by atoms with E-state index in [2.05, 4.69) is 84.0 Å². The number of anilines is 2. The number of methoxy groups -OCH3 is 2. The fourth-order valence-corrected chi connectivity index (χ4v) is 8.48. The lowest BCUT2D eigenvalue weighted by atomic mass is 10.0. The van der Waals surface area contributed by atoms with Crippen LogP contribution in [0.25, 0.3) is 32.7 Å². The molecule has 9 rings (SSSR count). The molecule has 0 unspecified atom stereocenters. The summed E-state index contributed by atoms with van der Waals surface area (Å²) in [6.45, 7) is 2.07. The van der Waals surface area contributed by atoms with Crippen LogP contribution < -0.4 is 26.3 Å². The van der Waals surface area contributed by atoms with E-state index in [1.165, 1.54) is 19.1 Å². The average Bonchev–Trinajstić information content (AvgIpc) is 3.38. The van der Waals surface area contributed by atoms with Gasteiger partial charge in [0.25, 0.3) is 19.3 Å². The Morgan fingerprint density at radius 2 is 1.00 bits per heavy atom. The number of benzene rings is 6. The van der Waals surface area contributed by atoms with Crippen molar-refractivity contribution in [3.05, 3.63) is 202 Å². The quantitative estimate of drug-likeness (QED) is 0.0909. The Morgan fingerprint density at radius 3 is 1.45 bits per heavy atom. The third-order valence-electron chi connectivity index (χ3n) is 10.5. The van der Waals surface area contributed by atoms with Crippen LogP contribution in [0, 0.1) is 0 Å². The van der Waals surface area contributed by atoms with Crippen molar-refractivity contribution >= 4 is 125 Å². The highest BCUT2D eigenvalue weighted by molar-refractivity contribution is 9.11. The molecular weight excluding hydrogens is 1260 g/mol. The Balaban J connectivity index is 0.000000180. The van der Waals surface area contributed by atoms with Crippen molar-refractivity contribution in [1.82, 2.24) is 15.0 Å². The van der Waals surface area contributed by atoms with Crippen LogP contribution in [0.15, 0.2) is 163 Å². The number of pyridine rings is 3. The Hall–Kier alpha value is -5.83. The number of nitrogen functional groups attached to an aromatic ring is 1. The monoisotopic (exact) mass is 1300 g/mol. The van der Waals surface area contributed by atoms with Gasteiger partial charge in [-0.3, -0.25) is 9.78 Å². The predicted molar refractivity (Wildman–Crippen MR) is 302 cm³/mol. The fourth-order valence-electron chi connectivity index (χ4n) is 6.80. The summed E-state index contributed by atoms with van der Waals surface area (Å²) in [7, 11) is 3.26. The Labute approximate surface area is 467 Å². The normalized spacial score (nSPS) is 10.7. The molecule has 6 aromatic carbocycles. The van der Waals surface area contributed by atoms with E-state index in [1.807, 2.05) is 84.9 Å². The standard InChI is InChI=1S/C19H16BrF2NO.C10H5BrClF2N.C10H7BrF2N2.C8H8BrNO.C8H11NO/c1-24-15-7-2-12(3-8-15)4-9-17-16(19(21)22)10-13-5-6-14(20)11-18(13)23-17;11-6-2-1-5-3-7(10(13)14)9(12)15-8(5)4-6;11-6-2-1-5-3-7(9(12)13)10(14)15-8(5)4-6;1-6(11)10-8-4-2-3-7(9)5-8;1-10-8-4-2-7(6-9)3-5-8/h2-3,5-8,10-11,19H,4,9H2,1H3;1-4,10H;1-4,9H,(H2,14,15);2-5H,1H3,(H,10,11);2-5H,6,9H2,1H3. The highest BCUT2D eigenvalue weighted by Crippen LogP contribution is 2.32. The number of nitrogens with two attached hydrogens (primary N) is 2. The van der Waals surface area contributed by atoms with E-state index in [1.54, 1.807) is 62.8 Å². The Morgan fingerprint density at radius 1 is 0.560 bits per heavy atom. The molecular formula is C55H47Br4ClF6N6O3. The van der Waals surface area contributed by atoms with Gasteiger partial charge in [0.1, 0.15) is 22.5 Å². The number of rotatable bonds is 10. The van der Waals surface area contributed by atoms with E-state index < -0.39 is 19.3 Å². The maximum atomic E-state index is 13.4. The number of hydrogen-bond acceptors (Lipinski definition) is 8. The molecule has 3 aromatic heterocycles. The van der Waals surface area contributed by atoms with E-state index in [-0.39, 0.29) is 33.6 Å². The molecule has 0 aliphatic carbocycles. The zero-order valence-corrected chi connectivity index (χ0v) is 47.2. The Bertz CT molecular complexity index is 3210. The van der Waals surface area contributed by atoms with E-state index in [4.69, 9.17) is 32.5 Å². The maximum absolute atomic E-state index is 13.4. The van der Waals surface area contributed by atoms with Crippen LogP contribution in [0.1, 0.15) is 59.7 Å². The largest absolute Gasteiger partial charge is 0.497 e. The number of amides is 1. The van der Waals surface area contributed by atoms with Crippen molar-refractivity contribution in [2.45, 2.75) is 45.6 Å². The first kappa shape index (κ1) is 60.0. The van der Waals surface area contributed by atoms with Gasteiger partial charge in [-0.25, -0.2) is 36.3 Å². The van der Waals surface area contributed by atoms with E-state index >= 15 is 0 Å². The molecule has 0 radical (unpaired) electrons. The molecule has 0 spiro atoms. The summed E-state index contributed by atoms with van der Waals surface area (Å²) in [6.07, 6.45) is -6.61. The lowest BCUT2D eigenvalue weighted by Gasteiger charge is -2.11. The molecule has 0 fully saturated rings. The molecule has 0 aliphatic rings. The van der Waals surface area contributed by atoms with Gasteiger partial charge in [0.05, 0.1) is 47.6 Å². The molecule has 1 amide bonds. The summed E-state index contributed by atoms with van der Waals surface area (Å²) < 4.78 is 90.4. The number of halogens is 11. The van der Waals surface area contributed by atoms with Gasteiger partial charge in [-0.05, 0) is 121 Å². The highest BCUT2D eigenvalue weighted by atomic mass is 79.9. The third kappa shape index (κ3) is 18.8. The maximum Gasteiger partial charge on any atom is 0.267 e. The minimum absolute atomic E-state index is 0.0123. The molecule has 9 aromatic rings. The number of hydrogen-bond donors (Lipinski definition) is 3. The van der Waals surface area contributed by atoms with Crippen molar-refractivity contribution in [1.29, 1.82) is 0 Å². The second-order valence-electron chi connectivity index (χ2n) is 15.9. The molecule has 0 bridgehead atoms. The molecule has 0 saturated carbocycles. The fraction of sp³-hybridized carbons (Fsp3) is 0.164. The molecule has 9 nitrogen and oxygen atoms in total. The number of ether oxygens (including phenoxy) is 2. The first-order chi connectivity index (χ1) is 35.8. The second-order valence-corrected chi connectivity index (χ2v) is 19.9. The summed E-state index contributed by atoms with van der Waals surface area (Å²) in [5.74, 6) is 1.48. The third-order valence-corrected chi connectivity index (χ3v) is 12.8. The lowest BCUT2D eigenvalue weighted by Crippen LogP contribution is -2.05. The molecule has 0 atom stereocenters. The number of aromatic nitrogens is 3. The summed E-state index contributed by atoms with van der Waals surface area (Å²) in [5.41, 5.74) is 15.8. The first-order valence-corrected chi connectivity index (χ1v) is 25.9. The minimum atomic E-state index is -2.60. The van der Waals surface area contributed by atoms with Gasteiger partial charge in [-0.15, -0.1) is 0 Å². The second kappa shape index (κ2) is 29.5. The minimum Gasteiger partial charge on any atom is -0.497 e. The molecule has 392 valence electrons. The van der Waals surface area contributed by atoms with Crippen molar-refractivity contribution in [2.24, 2.45) is 5.73 Å². The van der Waals surface area contributed by atoms with Crippen molar-refractivity contribution in [3.63, 3.8) is 0 Å². The number of alkyl halides is 6. The number of nitrogens with zero attached hydrogens (tertiary/aromatic N) is 3. The van der Waals surface area contributed by atoms with Gasteiger partial charge >= 0.3 is 0 Å². The molecule has 0 saturated heterocycles. The zero-order chi connectivity index (χ0) is 54.8. The zero-order valence-electron chi connectivity index (χ0n) is 40.1. The molecule has 75 heavy (non-hydrogen) atoms.